The zero-order valence-corrected chi connectivity index (χ0v) is 58.9. The van der Waals surface area contributed by atoms with Crippen molar-refractivity contribution in [3.05, 3.63) is 87.1 Å². The highest BCUT2D eigenvalue weighted by molar-refractivity contribution is 5.87. The fourth-order valence-corrected chi connectivity index (χ4v) is 7.00. The second-order valence-corrected chi connectivity index (χ2v) is 21.8. The average Bonchev–Trinajstić information content (AvgIpc) is 3.55. The van der Waals surface area contributed by atoms with Gasteiger partial charge in [0.05, 0.1) is 46.2 Å². The van der Waals surface area contributed by atoms with E-state index < -0.39 is 0 Å². The highest BCUT2D eigenvalue weighted by Crippen LogP contribution is 2.14. The van der Waals surface area contributed by atoms with Crippen LogP contribution in [0.15, 0.2) is 87.1 Å². The molecule has 14 nitrogen and oxygen atoms in total. The molecule has 0 aromatic rings. The molecule has 0 aliphatic heterocycles. The van der Waals surface area contributed by atoms with Crippen LogP contribution in [0.2, 0.25) is 0 Å². The van der Waals surface area contributed by atoms with E-state index in [0.29, 0.717) is 80.7 Å². The van der Waals surface area contributed by atoms with Gasteiger partial charge < -0.3 is 33.2 Å². The predicted octanol–water partition coefficient (Wildman–Crippen LogP) is 19.9. The molecule has 514 valence electrons. The Labute approximate surface area is 540 Å². The number of unbranched alkanes of at least 4 members (excludes halogenated alkanes) is 19. The smallest absolute Gasteiger partial charge is 0.333 e. The third-order valence-corrected chi connectivity index (χ3v) is 13.4. The Hall–Kier alpha value is -5.53. The summed E-state index contributed by atoms with van der Waals surface area (Å²) in [6.07, 6.45) is 39.9. The molecule has 0 bridgehead atoms. The number of ether oxygens (including phenoxy) is 7. The SMILES string of the molecule is C=C(C)C(=O)OCC(CC)CC.C=C(C)C(=O)OCCCCCCC.C=C(C)C(=O)OCCCCCCCC.C=CC(=O)OCC(CC)CC.C=CC(=O)OCC(CC)CCCC.C=CC(=O)OCCCCCCC.C=CC(=O)OCCCCCCCC. The van der Waals surface area contributed by atoms with Crippen molar-refractivity contribution in [1.82, 2.24) is 0 Å². The van der Waals surface area contributed by atoms with Crippen LogP contribution in [0.25, 0.3) is 0 Å². The van der Waals surface area contributed by atoms with Crippen molar-refractivity contribution in [2.24, 2.45) is 17.8 Å². The van der Waals surface area contributed by atoms with Crippen LogP contribution >= 0.6 is 0 Å². The van der Waals surface area contributed by atoms with Gasteiger partial charge in [0.25, 0.3) is 0 Å². The summed E-state index contributed by atoms with van der Waals surface area (Å²) in [6, 6.07) is 0. The van der Waals surface area contributed by atoms with E-state index in [-0.39, 0.29) is 41.8 Å². The Morgan fingerprint density at radius 3 is 0.750 bits per heavy atom. The molecule has 0 fully saturated rings. The first kappa shape index (κ1) is 96.1. The standard InChI is InChI=1S/C12H22O2.3C11H20O2.2C10H18O2.C9H16O2/c1-4-5-6-7-8-9-10-14-12(13)11(2)3;1-4-5-6-7-8-9-13-11(12)10(2)3;1-4-7-8-10(5-2)9-13-11(12)6-3;1-3-5-6-7-8-9-10-13-11(12)4-2;1-5-9(6-2)7-12-10(11)8(3)4;1-3-5-6-7-8-9-12-10(11)4-2;1-4-8(5-2)7-11-9(10)6-3/h2,4-10H2,1,3H3;2,4-9H2,1,3H3;6,10H,3-5,7-9H2,1-2H3;4H,2-3,5-10H2,1H3;9H,3,5-7H2,1-2,4H3;4H,2-3,5-9H2,1H3;6,8H,3-5,7H2,1-2H3. The van der Waals surface area contributed by atoms with Crippen LogP contribution in [0, 0.1) is 17.8 Å². The highest BCUT2D eigenvalue weighted by Gasteiger charge is 2.10. The minimum Gasteiger partial charge on any atom is -0.463 e. The maximum absolute atomic E-state index is 11.0. The molecule has 0 heterocycles. The second-order valence-electron chi connectivity index (χ2n) is 21.8. The first-order valence-corrected chi connectivity index (χ1v) is 33.7. The summed E-state index contributed by atoms with van der Waals surface area (Å²) in [4.78, 5) is 75.4. The van der Waals surface area contributed by atoms with Gasteiger partial charge >= 0.3 is 41.8 Å². The van der Waals surface area contributed by atoms with Crippen molar-refractivity contribution in [2.75, 3.05) is 46.2 Å². The number of esters is 7. The van der Waals surface area contributed by atoms with Gasteiger partial charge in [0, 0.05) is 41.0 Å². The van der Waals surface area contributed by atoms with Crippen molar-refractivity contribution in [3.8, 4) is 0 Å². The topological polar surface area (TPSA) is 184 Å². The van der Waals surface area contributed by atoms with Gasteiger partial charge in [-0.1, -0.05) is 276 Å². The maximum Gasteiger partial charge on any atom is 0.333 e. The lowest BCUT2D eigenvalue weighted by molar-refractivity contribution is -0.141. The van der Waals surface area contributed by atoms with E-state index in [1.807, 2.05) is 0 Å². The third kappa shape index (κ3) is 84.7. The van der Waals surface area contributed by atoms with E-state index in [1.54, 1.807) is 20.8 Å². The lowest BCUT2D eigenvalue weighted by Crippen LogP contribution is -2.13. The minimum absolute atomic E-state index is 0.265. The maximum atomic E-state index is 11.0. The molecule has 0 N–H and O–H groups in total. The van der Waals surface area contributed by atoms with Gasteiger partial charge in [-0.05, 0) is 70.6 Å². The third-order valence-electron chi connectivity index (χ3n) is 13.4. The number of carbonyl (C=O) groups is 7. The molecular formula is C74H134O14. The van der Waals surface area contributed by atoms with E-state index in [0.717, 1.165) is 89.9 Å². The van der Waals surface area contributed by atoms with Gasteiger partial charge in [-0.2, -0.15) is 0 Å². The Morgan fingerprint density at radius 1 is 0.284 bits per heavy atom. The number of hydrogen-bond acceptors (Lipinski definition) is 14. The first-order chi connectivity index (χ1) is 42.1. The molecule has 0 radical (unpaired) electrons. The van der Waals surface area contributed by atoms with Gasteiger partial charge in [0.2, 0.25) is 0 Å². The van der Waals surface area contributed by atoms with Gasteiger partial charge in [0.1, 0.15) is 0 Å². The Bertz CT molecular complexity index is 1740. The summed E-state index contributed by atoms with van der Waals surface area (Å²) >= 11 is 0. The van der Waals surface area contributed by atoms with Crippen LogP contribution in [0.4, 0.5) is 0 Å². The van der Waals surface area contributed by atoms with E-state index in [4.69, 9.17) is 33.2 Å². The Morgan fingerprint density at radius 2 is 0.500 bits per heavy atom. The lowest BCUT2D eigenvalue weighted by atomic mass is 10.0. The molecule has 14 heteroatoms. The van der Waals surface area contributed by atoms with E-state index in [1.165, 1.54) is 127 Å². The van der Waals surface area contributed by atoms with Crippen LogP contribution < -0.4 is 0 Å². The summed E-state index contributed by atoms with van der Waals surface area (Å²) in [5, 5.41) is 0. The molecule has 1 unspecified atom stereocenters. The van der Waals surface area contributed by atoms with Crippen LogP contribution in [0.3, 0.4) is 0 Å². The van der Waals surface area contributed by atoms with Crippen molar-refractivity contribution in [2.45, 2.75) is 283 Å². The quantitative estimate of drug-likeness (QED) is 0.0243. The van der Waals surface area contributed by atoms with E-state index in [2.05, 4.69) is 115 Å². The number of hydrogen-bond donors (Lipinski definition) is 0. The molecule has 0 aliphatic rings. The molecular weight excluding hydrogens is 1110 g/mol. The van der Waals surface area contributed by atoms with Crippen molar-refractivity contribution >= 4 is 41.8 Å². The van der Waals surface area contributed by atoms with Crippen LogP contribution in [0.5, 0.6) is 0 Å². The molecule has 0 saturated heterocycles. The normalized spacial score (nSPS) is 10.1. The average molecular weight is 1250 g/mol. The minimum atomic E-state index is -0.322. The Kier molecular flexibility index (Phi) is 86.8. The summed E-state index contributed by atoms with van der Waals surface area (Å²) in [6.45, 7) is 54.0. The van der Waals surface area contributed by atoms with Crippen molar-refractivity contribution in [3.63, 3.8) is 0 Å². The van der Waals surface area contributed by atoms with Crippen molar-refractivity contribution < 1.29 is 66.7 Å². The molecule has 0 spiro atoms. The van der Waals surface area contributed by atoms with Crippen molar-refractivity contribution in [1.29, 1.82) is 0 Å². The van der Waals surface area contributed by atoms with Gasteiger partial charge in [-0.3, -0.25) is 0 Å². The molecule has 0 aliphatic carbocycles. The molecule has 0 amide bonds. The lowest BCUT2D eigenvalue weighted by Gasteiger charge is -2.13. The Balaban J connectivity index is -0.000000174. The monoisotopic (exact) mass is 1250 g/mol. The number of carbonyl (C=O) groups excluding carboxylic acids is 7. The zero-order chi connectivity index (χ0) is 68.4. The van der Waals surface area contributed by atoms with Gasteiger partial charge in [0.15, 0.2) is 0 Å². The van der Waals surface area contributed by atoms with E-state index >= 15 is 0 Å². The largest absolute Gasteiger partial charge is 0.463 e. The number of rotatable bonds is 47. The fraction of sp³-hybridized carbons (Fsp3) is 0.716. The van der Waals surface area contributed by atoms with Crippen LogP contribution in [-0.2, 0) is 66.7 Å². The molecule has 0 aromatic heterocycles. The van der Waals surface area contributed by atoms with Gasteiger partial charge in [-0.25, -0.2) is 33.6 Å². The summed E-state index contributed by atoms with van der Waals surface area (Å²) in [5.41, 5.74) is 1.44. The molecule has 0 aromatic carbocycles. The molecule has 0 rings (SSSR count). The molecule has 88 heavy (non-hydrogen) atoms. The van der Waals surface area contributed by atoms with Crippen LogP contribution in [-0.4, -0.2) is 88.0 Å². The predicted molar refractivity (Wildman–Crippen MR) is 368 cm³/mol. The zero-order valence-electron chi connectivity index (χ0n) is 58.9. The second kappa shape index (κ2) is 79.5. The summed E-state index contributed by atoms with van der Waals surface area (Å²) < 4.78 is 34.4. The summed E-state index contributed by atoms with van der Waals surface area (Å²) in [7, 11) is 0. The molecule has 0 saturated carbocycles. The van der Waals surface area contributed by atoms with Gasteiger partial charge in [-0.15, -0.1) is 0 Å². The fourth-order valence-electron chi connectivity index (χ4n) is 7.00. The van der Waals surface area contributed by atoms with E-state index in [9.17, 15) is 33.6 Å². The highest BCUT2D eigenvalue weighted by atomic mass is 16.6. The molecule has 1 atom stereocenters. The first-order valence-electron chi connectivity index (χ1n) is 33.7. The summed E-state index contributed by atoms with van der Waals surface area (Å²) in [5.74, 6) is -0.558. The van der Waals surface area contributed by atoms with Crippen LogP contribution in [0.1, 0.15) is 283 Å².